The lowest BCUT2D eigenvalue weighted by molar-refractivity contribution is -0.132. The van der Waals surface area contributed by atoms with Crippen LogP contribution < -0.4 is 11.1 Å². The van der Waals surface area contributed by atoms with Crippen LogP contribution in [-0.4, -0.2) is 41.3 Å². The van der Waals surface area contributed by atoms with Gasteiger partial charge < -0.3 is 16.0 Å². The van der Waals surface area contributed by atoms with Crippen molar-refractivity contribution in [2.24, 2.45) is 11.7 Å². The van der Waals surface area contributed by atoms with Crippen LogP contribution in [0.2, 0.25) is 0 Å². The van der Waals surface area contributed by atoms with Gasteiger partial charge in [-0.3, -0.25) is 9.59 Å². The van der Waals surface area contributed by atoms with E-state index in [1.807, 2.05) is 6.92 Å². The summed E-state index contributed by atoms with van der Waals surface area (Å²) in [5.74, 6) is -0.729. The molecule has 1 heterocycles. The molecular weight excluding hydrogens is 250 g/mol. The number of nitrogens with zero attached hydrogens (tertiary/aromatic N) is 1. The van der Waals surface area contributed by atoms with Gasteiger partial charge in [0.1, 0.15) is 0 Å². The molecule has 18 heavy (non-hydrogen) atoms. The van der Waals surface area contributed by atoms with E-state index in [2.05, 4.69) is 5.32 Å². The molecule has 1 atom stereocenters. The third-order valence-corrected chi connectivity index (χ3v) is 3.39. The summed E-state index contributed by atoms with van der Waals surface area (Å²) in [6.45, 7) is 3.60. The van der Waals surface area contributed by atoms with Crippen molar-refractivity contribution in [1.29, 1.82) is 0 Å². The highest BCUT2D eigenvalue weighted by Crippen LogP contribution is 2.08. The van der Waals surface area contributed by atoms with Crippen LogP contribution in [0.5, 0.6) is 0 Å². The molecule has 0 aromatic rings. The highest BCUT2D eigenvalue weighted by molar-refractivity contribution is 7.80. The molecule has 0 aromatic carbocycles. The van der Waals surface area contributed by atoms with Gasteiger partial charge in [-0.2, -0.15) is 0 Å². The summed E-state index contributed by atoms with van der Waals surface area (Å²) in [6, 6.07) is 0. The first-order valence-corrected chi connectivity index (χ1v) is 6.82. The fraction of sp³-hybridized carbons (Fsp3) is 0.750. The number of carbonyl (C=O) groups excluding carboxylic acids is 2. The van der Waals surface area contributed by atoms with Crippen molar-refractivity contribution in [3.63, 3.8) is 0 Å². The Morgan fingerprint density at radius 1 is 1.39 bits per heavy atom. The molecule has 0 aromatic heterocycles. The van der Waals surface area contributed by atoms with E-state index in [-0.39, 0.29) is 23.3 Å². The predicted molar refractivity (Wildman–Crippen MR) is 74.0 cm³/mol. The lowest BCUT2D eigenvalue weighted by Gasteiger charge is -2.18. The summed E-state index contributed by atoms with van der Waals surface area (Å²) in [5, 5.41) is 2.63. The topological polar surface area (TPSA) is 75.4 Å². The average Bonchev–Trinajstić information content (AvgIpc) is 2.85. The zero-order valence-electron chi connectivity index (χ0n) is 10.8. The third kappa shape index (κ3) is 4.25. The molecule has 0 saturated carbocycles. The Morgan fingerprint density at radius 3 is 2.50 bits per heavy atom. The smallest absolute Gasteiger partial charge is 0.241 e. The van der Waals surface area contributed by atoms with Crippen molar-refractivity contribution in [2.75, 3.05) is 19.6 Å². The van der Waals surface area contributed by atoms with Gasteiger partial charge >= 0.3 is 0 Å². The maximum absolute atomic E-state index is 11.8. The quantitative estimate of drug-likeness (QED) is 0.687. The zero-order chi connectivity index (χ0) is 13.5. The van der Waals surface area contributed by atoms with Gasteiger partial charge in [0.05, 0.1) is 17.5 Å². The summed E-state index contributed by atoms with van der Waals surface area (Å²) in [5.41, 5.74) is 5.53. The summed E-state index contributed by atoms with van der Waals surface area (Å²) in [6.07, 6.45) is 3.55. The van der Waals surface area contributed by atoms with E-state index in [0.717, 1.165) is 32.4 Å². The van der Waals surface area contributed by atoms with E-state index in [4.69, 9.17) is 18.0 Å². The minimum Gasteiger partial charge on any atom is -0.393 e. The second-order valence-corrected chi connectivity index (χ2v) is 5.02. The molecule has 1 saturated heterocycles. The first-order chi connectivity index (χ1) is 8.56. The van der Waals surface area contributed by atoms with Crippen molar-refractivity contribution < 1.29 is 9.59 Å². The van der Waals surface area contributed by atoms with Crippen molar-refractivity contribution in [3.8, 4) is 0 Å². The fourth-order valence-corrected chi connectivity index (χ4v) is 2.28. The number of hydrogen-bond acceptors (Lipinski definition) is 3. The Hall–Kier alpha value is -1.17. The lowest BCUT2D eigenvalue weighted by atomic mass is 10.0. The highest BCUT2D eigenvalue weighted by atomic mass is 32.1. The van der Waals surface area contributed by atoms with Crippen LogP contribution in [-0.2, 0) is 9.59 Å². The SMILES string of the molecule is CCCC(C(=O)NCC(=O)N1CCCC1)C(N)=S. The Labute approximate surface area is 113 Å². The second kappa shape index (κ2) is 7.31. The van der Waals surface area contributed by atoms with E-state index in [0.29, 0.717) is 6.42 Å². The number of hydrogen-bond donors (Lipinski definition) is 2. The summed E-state index contributed by atoms with van der Waals surface area (Å²) in [7, 11) is 0. The van der Waals surface area contributed by atoms with E-state index >= 15 is 0 Å². The molecule has 0 radical (unpaired) electrons. The molecular formula is C12H21N3O2S. The largest absolute Gasteiger partial charge is 0.393 e. The number of rotatable bonds is 6. The number of nitrogens with two attached hydrogens (primary N) is 1. The molecule has 2 amide bonds. The van der Waals surface area contributed by atoms with Crippen molar-refractivity contribution in [2.45, 2.75) is 32.6 Å². The van der Waals surface area contributed by atoms with Crippen molar-refractivity contribution >= 4 is 29.0 Å². The molecule has 102 valence electrons. The number of nitrogens with one attached hydrogen (secondary N) is 1. The van der Waals surface area contributed by atoms with Crippen LogP contribution >= 0.6 is 12.2 Å². The molecule has 3 N–H and O–H groups in total. The van der Waals surface area contributed by atoms with E-state index in [9.17, 15) is 9.59 Å². The van der Waals surface area contributed by atoms with Crippen LogP contribution in [0.4, 0.5) is 0 Å². The van der Waals surface area contributed by atoms with Gasteiger partial charge in [0.25, 0.3) is 0 Å². The molecule has 1 rings (SSSR count). The lowest BCUT2D eigenvalue weighted by Crippen LogP contribution is -2.43. The van der Waals surface area contributed by atoms with E-state index < -0.39 is 5.92 Å². The maximum Gasteiger partial charge on any atom is 0.241 e. The molecule has 1 aliphatic rings. The Balaban J connectivity index is 2.38. The molecule has 1 aliphatic heterocycles. The highest BCUT2D eigenvalue weighted by Gasteiger charge is 2.23. The second-order valence-electron chi connectivity index (χ2n) is 4.55. The summed E-state index contributed by atoms with van der Waals surface area (Å²) >= 11 is 4.87. The Kier molecular flexibility index (Phi) is 6.04. The van der Waals surface area contributed by atoms with Crippen molar-refractivity contribution in [3.05, 3.63) is 0 Å². The van der Waals surface area contributed by atoms with Crippen molar-refractivity contribution in [1.82, 2.24) is 10.2 Å². The number of likely N-dealkylation sites (tertiary alicyclic amines) is 1. The summed E-state index contributed by atoms with van der Waals surface area (Å²) in [4.78, 5) is 25.6. The predicted octanol–water partition coefficient (Wildman–Crippen LogP) is 0.427. The maximum atomic E-state index is 11.8. The van der Waals surface area contributed by atoms with Gasteiger partial charge in [-0.1, -0.05) is 25.6 Å². The van der Waals surface area contributed by atoms with E-state index in [1.54, 1.807) is 4.90 Å². The summed E-state index contributed by atoms with van der Waals surface area (Å²) < 4.78 is 0. The first-order valence-electron chi connectivity index (χ1n) is 6.41. The molecule has 0 aliphatic carbocycles. The van der Waals surface area contributed by atoms with Crippen LogP contribution in [0.3, 0.4) is 0 Å². The van der Waals surface area contributed by atoms with Crippen LogP contribution in [0.15, 0.2) is 0 Å². The molecule has 5 nitrogen and oxygen atoms in total. The molecule has 0 bridgehead atoms. The standard InChI is InChI=1S/C12H21N3O2S/c1-2-5-9(11(13)18)12(17)14-8-10(16)15-6-3-4-7-15/h9H,2-8H2,1H3,(H2,13,18)(H,14,17). The van der Waals surface area contributed by atoms with Gasteiger partial charge in [0, 0.05) is 13.1 Å². The van der Waals surface area contributed by atoms with Crippen LogP contribution in [0.25, 0.3) is 0 Å². The van der Waals surface area contributed by atoms with E-state index in [1.165, 1.54) is 0 Å². The Morgan fingerprint density at radius 2 is 2.00 bits per heavy atom. The van der Waals surface area contributed by atoms with Gasteiger partial charge in [-0.25, -0.2) is 0 Å². The number of carbonyl (C=O) groups is 2. The molecule has 1 unspecified atom stereocenters. The third-order valence-electron chi connectivity index (χ3n) is 3.11. The van der Waals surface area contributed by atoms with Gasteiger partial charge in [-0.15, -0.1) is 0 Å². The molecule has 1 fully saturated rings. The fourth-order valence-electron chi connectivity index (χ4n) is 2.06. The molecule has 6 heteroatoms. The van der Waals surface area contributed by atoms with Crippen LogP contribution in [0.1, 0.15) is 32.6 Å². The number of thiocarbonyl (C=S) groups is 1. The van der Waals surface area contributed by atoms with Crippen LogP contribution in [0, 0.1) is 5.92 Å². The van der Waals surface area contributed by atoms with Gasteiger partial charge in [-0.05, 0) is 19.3 Å². The zero-order valence-corrected chi connectivity index (χ0v) is 11.6. The minimum absolute atomic E-state index is 0.0287. The normalized spacial score (nSPS) is 16.4. The minimum atomic E-state index is -0.462. The molecule has 0 spiro atoms. The monoisotopic (exact) mass is 271 g/mol. The van der Waals surface area contributed by atoms with Gasteiger partial charge in [0.2, 0.25) is 11.8 Å². The first kappa shape index (κ1) is 14.9. The average molecular weight is 271 g/mol. The number of amides is 2. The Bertz CT molecular complexity index is 327. The van der Waals surface area contributed by atoms with Gasteiger partial charge in [0.15, 0.2) is 0 Å².